The molecule has 1 aromatic carbocycles. The lowest BCUT2D eigenvalue weighted by Gasteiger charge is -2.11. The lowest BCUT2D eigenvalue weighted by molar-refractivity contribution is 0.0292. The molecule has 1 fully saturated rings. The van der Waals surface area contributed by atoms with E-state index in [1.165, 1.54) is 18.2 Å². The molecular formula is C10H11ClN2O3. The lowest BCUT2D eigenvalue weighted by atomic mass is 10.2. The van der Waals surface area contributed by atoms with Crippen LogP contribution in [-0.4, -0.2) is 22.4 Å². The van der Waals surface area contributed by atoms with Crippen LogP contribution in [0.1, 0.15) is 23.2 Å². The Labute approximate surface area is 97.2 Å². The third kappa shape index (κ3) is 2.44. The van der Waals surface area contributed by atoms with E-state index >= 15 is 0 Å². The molecule has 0 aromatic heterocycles. The highest BCUT2D eigenvalue weighted by molar-refractivity contribution is 6.33. The Morgan fingerprint density at radius 2 is 2.12 bits per heavy atom. The van der Waals surface area contributed by atoms with Crippen LogP contribution in [0.25, 0.3) is 0 Å². The number of hydrogen-bond acceptors (Lipinski definition) is 4. The molecule has 0 bridgehead atoms. The van der Waals surface area contributed by atoms with E-state index in [0.717, 1.165) is 12.8 Å². The number of nitrogens with one attached hydrogen (secondary N) is 1. The number of rotatable bonds is 3. The standard InChI is InChI=1S/C10H11ClN2O3/c11-8-4-1-6(5-9(8)13(15)16)10(14)12-7-2-3-7/h1,4-5,7,15-16H,2-3H2,(H,12,14). The van der Waals surface area contributed by atoms with Crippen molar-refractivity contribution in [2.45, 2.75) is 18.9 Å². The van der Waals surface area contributed by atoms with Gasteiger partial charge in [-0.15, -0.1) is 5.23 Å². The van der Waals surface area contributed by atoms with Crippen LogP contribution in [0.4, 0.5) is 5.69 Å². The van der Waals surface area contributed by atoms with Gasteiger partial charge in [-0.3, -0.25) is 15.2 Å². The van der Waals surface area contributed by atoms with E-state index in [1.807, 2.05) is 0 Å². The zero-order chi connectivity index (χ0) is 11.7. The molecule has 0 heterocycles. The van der Waals surface area contributed by atoms with Crippen molar-refractivity contribution < 1.29 is 15.2 Å². The van der Waals surface area contributed by atoms with Gasteiger partial charge >= 0.3 is 0 Å². The highest BCUT2D eigenvalue weighted by atomic mass is 35.5. The fourth-order valence-corrected chi connectivity index (χ4v) is 1.50. The van der Waals surface area contributed by atoms with Gasteiger partial charge in [-0.25, -0.2) is 0 Å². The van der Waals surface area contributed by atoms with Crippen LogP contribution in [0.3, 0.4) is 0 Å². The third-order valence-corrected chi connectivity index (χ3v) is 2.66. The molecule has 1 aromatic rings. The molecule has 1 aliphatic carbocycles. The molecule has 0 aliphatic heterocycles. The van der Waals surface area contributed by atoms with Crippen molar-refractivity contribution in [2.75, 3.05) is 5.23 Å². The molecule has 3 N–H and O–H groups in total. The molecule has 0 radical (unpaired) electrons. The number of halogens is 1. The first-order valence-corrected chi connectivity index (χ1v) is 5.24. The van der Waals surface area contributed by atoms with Crippen LogP contribution in [0.15, 0.2) is 18.2 Å². The maximum Gasteiger partial charge on any atom is 0.251 e. The second-order valence-corrected chi connectivity index (χ2v) is 4.11. The largest absolute Gasteiger partial charge is 0.349 e. The highest BCUT2D eigenvalue weighted by Gasteiger charge is 2.24. The Hall–Kier alpha value is -1.30. The normalized spacial score (nSPS) is 14.7. The van der Waals surface area contributed by atoms with Crippen molar-refractivity contribution in [2.24, 2.45) is 0 Å². The molecule has 86 valence electrons. The van der Waals surface area contributed by atoms with Crippen LogP contribution < -0.4 is 10.5 Å². The van der Waals surface area contributed by atoms with Gasteiger partial charge < -0.3 is 5.32 Å². The summed E-state index contributed by atoms with van der Waals surface area (Å²) in [5.41, 5.74) is 0.324. The Balaban J connectivity index is 2.20. The van der Waals surface area contributed by atoms with Gasteiger partial charge in [-0.2, -0.15) is 0 Å². The van der Waals surface area contributed by atoms with Crippen LogP contribution >= 0.6 is 11.6 Å². The molecule has 0 unspecified atom stereocenters. The van der Waals surface area contributed by atoms with E-state index in [9.17, 15) is 4.79 Å². The fourth-order valence-electron chi connectivity index (χ4n) is 1.30. The average molecular weight is 243 g/mol. The van der Waals surface area contributed by atoms with Gasteiger partial charge in [0.1, 0.15) is 5.69 Å². The van der Waals surface area contributed by atoms with Crippen molar-refractivity contribution in [3.8, 4) is 0 Å². The molecule has 0 atom stereocenters. The Morgan fingerprint density at radius 1 is 1.44 bits per heavy atom. The molecule has 5 nitrogen and oxygen atoms in total. The molecule has 16 heavy (non-hydrogen) atoms. The summed E-state index contributed by atoms with van der Waals surface area (Å²) >= 11 is 5.72. The van der Waals surface area contributed by atoms with Gasteiger partial charge in [0.15, 0.2) is 0 Å². The highest BCUT2D eigenvalue weighted by Crippen LogP contribution is 2.26. The number of hydrogen-bond donors (Lipinski definition) is 3. The predicted octanol–water partition coefficient (Wildman–Crippen LogP) is 1.82. The summed E-state index contributed by atoms with van der Waals surface area (Å²) in [6.07, 6.45) is 2.00. The first kappa shape index (κ1) is 11.2. The average Bonchev–Trinajstić information content (AvgIpc) is 3.01. The number of anilines is 1. The van der Waals surface area contributed by atoms with E-state index in [-0.39, 0.29) is 27.9 Å². The van der Waals surface area contributed by atoms with E-state index in [4.69, 9.17) is 22.0 Å². The summed E-state index contributed by atoms with van der Waals surface area (Å²) in [5.74, 6) is -0.234. The molecule has 6 heteroatoms. The molecule has 0 saturated heterocycles. The Morgan fingerprint density at radius 3 is 2.69 bits per heavy atom. The maximum atomic E-state index is 11.6. The molecule has 1 saturated carbocycles. The zero-order valence-corrected chi connectivity index (χ0v) is 9.11. The fraction of sp³-hybridized carbons (Fsp3) is 0.300. The smallest absolute Gasteiger partial charge is 0.251 e. The molecular weight excluding hydrogens is 232 g/mol. The lowest BCUT2D eigenvalue weighted by Crippen LogP contribution is -2.25. The maximum absolute atomic E-state index is 11.6. The molecule has 2 rings (SSSR count). The predicted molar refractivity (Wildman–Crippen MR) is 58.0 cm³/mol. The number of amides is 1. The van der Waals surface area contributed by atoms with Gasteiger partial charge in [0, 0.05) is 11.6 Å². The van der Waals surface area contributed by atoms with Crippen LogP contribution in [0.5, 0.6) is 0 Å². The third-order valence-electron chi connectivity index (χ3n) is 2.34. The molecule has 1 amide bonds. The summed E-state index contributed by atoms with van der Waals surface area (Å²) in [4.78, 5) is 11.6. The van der Waals surface area contributed by atoms with Crippen LogP contribution in [-0.2, 0) is 0 Å². The molecule has 1 aliphatic rings. The van der Waals surface area contributed by atoms with Crippen LogP contribution in [0.2, 0.25) is 5.02 Å². The van der Waals surface area contributed by atoms with Crippen molar-refractivity contribution >= 4 is 23.2 Å². The first-order valence-electron chi connectivity index (χ1n) is 4.86. The van der Waals surface area contributed by atoms with Gasteiger partial charge in [-0.1, -0.05) is 11.6 Å². The van der Waals surface area contributed by atoms with E-state index in [2.05, 4.69) is 5.32 Å². The minimum Gasteiger partial charge on any atom is -0.349 e. The van der Waals surface area contributed by atoms with Gasteiger partial charge in [0.25, 0.3) is 5.91 Å². The summed E-state index contributed by atoms with van der Waals surface area (Å²) < 4.78 is 0. The Kier molecular flexibility index (Phi) is 3.00. The van der Waals surface area contributed by atoms with E-state index < -0.39 is 0 Å². The second kappa shape index (κ2) is 4.29. The summed E-state index contributed by atoms with van der Waals surface area (Å²) in [5, 5.41) is 20.6. The van der Waals surface area contributed by atoms with Gasteiger partial charge in [-0.05, 0) is 31.0 Å². The number of carbonyl (C=O) groups is 1. The van der Waals surface area contributed by atoms with Crippen LogP contribution in [0, 0.1) is 0 Å². The Bertz CT molecular complexity index is 419. The summed E-state index contributed by atoms with van der Waals surface area (Å²) in [7, 11) is 0. The van der Waals surface area contributed by atoms with Crippen molar-refractivity contribution in [3.63, 3.8) is 0 Å². The van der Waals surface area contributed by atoms with Crippen molar-refractivity contribution in [3.05, 3.63) is 28.8 Å². The monoisotopic (exact) mass is 242 g/mol. The van der Waals surface area contributed by atoms with Crippen molar-refractivity contribution in [1.82, 2.24) is 5.32 Å². The molecule has 0 spiro atoms. The summed E-state index contributed by atoms with van der Waals surface area (Å²) in [6, 6.07) is 4.55. The van der Waals surface area contributed by atoms with E-state index in [1.54, 1.807) is 0 Å². The van der Waals surface area contributed by atoms with Gasteiger partial charge in [0.2, 0.25) is 0 Å². The summed E-state index contributed by atoms with van der Waals surface area (Å²) in [6.45, 7) is 0. The topological polar surface area (TPSA) is 72.8 Å². The minimum absolute atomic E-state index is 0.0230. The quantitative estimate of drug-likeness (QED) is 0.707. The zero-order valence-electron chi connectivity index (χ0n) is 8.35. The second-order valence-electron chi connectivity index (χ2n) is 3.70. The van der Waals surface area contributed by atoms with Gasteiger partial charge in [0.05, 0.1) is 5.02 Å². The minimum atomic E-state index is -0.234. The SMILES string of the molecule is O=C(NC1CC1)c1ccc(Cl)c(N(O)O)c1. The number of benzene rings is 1. The number of nitrogens with zero attached hydrogens (tertiary/aromatic N) is 1. The first-order chi connectivity index (χ1) is 7.58. The number of carbonyl (C=O) groups excluding carboxylic acids is 1. The van der Waals surface area contributed by atoms with E-state index in [0.29, 0.717) is 5.56 Å². The van der Waals surface area contributed by atoms with Crippen molar-refractivity contribution in [1.29, 1.82) is 0 Å².